The van der Waals surface area contributed by atoms with Gasteiger partial charge < -0.3 is 10.0 Å². The second-order valence-corrected chi connectivity index (χ2v) is 6.92. The molecule has 0 atom stereocenters. The maximum absolute atomic E-state index is 13.1. The number of aryl methyl sites for hydroxylation is 2. The Morgan fingerprint density at radius 3 is 2.59 bits per heavy atom. The summed E-state index contributed by atoms with van der Waals surface area (Å²) < 4.78 is 1.80. The molecule has 2 aromatic carbocycles. The number of carbonyl (C=O) groups excluding carboxylic acids is 1. The van der Waals surface area contributed by atoms with Gasteiger partial charge in [-0.1, -0.05) is 36.4 Å². The quantitative estimate of drug-likeness (QED) is 0.777. The number of aromatic hydroxyl groups is 1. The molecular weight excluding hydrogens is 338 g/mol. The van der Waals surface area contributed by atoms with E-state index in [1.165, 1.54) is 11.1 Å². The van der Waals surface area contributed by atoms with Crippen molar-refractivity contribution in [3.05, 3.63) is 83.2 Å². The highest BCUT2D eigenvalue weighted by atomic mass is 16.3. The topological polar surface area (TPSA) is 58.4 Å². The predicted molar refractivity (Wildman–Crippen MR) is 104 cm³/mol. The number of amides is 1. The van der Waals surface area contributed by atoms with Gasteiger partial charge in [0.05, 0.1) is 0 Å². The number of hydrogen-bond acceptors (Lipinski definition) is 3. The van der Waals surface area contributed by atoms with Crippen LogP contribution < -0.4 is 0 Å². The molecule has 0 bridgehead atoms. The first-order valence-electron chi connectivity index (χ1n) is 9.36. The smallest absolute Gasteiger partial charge is 0.272 e. The van der Waals surface area contributed by atoms with E-state index in [2.05, 4.69) is 17.2 Å². The summed E-state index contributed by atoms with van der Waals surface area (Å²) in [6.45, 7) is 2.01. The minimum absolute atomic E-state index is 0.0255. The number of phenols is 1. The fourth-order valence-corrected chi connectivity index (χ4v) is 3.65. The number of nitrogens with zero attached hydrogens (tertiary/aromatic N) is 3. The molecule has 0 unspecified atom stereocenters. The van der Waals surface area contributed by atoms with Crippen molar-refractivity contribution in [1.82, 2.24) is 14.7 Å². The van der Waals surface area contributed by atoms with Crippen LogP contribution in [0.3, 0.4) is 0 Å². The van der Waals surface area contributed by atoms with E-state index < -0.39 is 0 Å². The average molecular weight is 361 g/mol. The Kier molecular flexibility index (Phi) is 4.92. The lowest BCUT2D eigenvalue weighted by atomic mass is 10.0. The summed E-state index contributed by atoms with van der Waals surface area (Å²) >= 11 is 0. The van der Waals surface area contributed by atoms with Crippen LogP contribution in [0.2, 0.25) is 0 Å². The van der Waals surface area contributed by atoms with E-state index in [4.69, 9.17) is 0 Å². The third-order valence-electron chi connectivity index (χ3n) is 5.17. The number of rotatable bonds is 4. The summed E-state index contributed by atoms with van der Waals surface area (Å²) in [4.78, 5) is 15.0. The summed E-state index contributed by atoms with van der Waals surface area (Å²) in [5, 5.41) is 14.1. The highest BCUT2D eigenvalue weighted by molar-refractivity contribution is 5.92. The van der Waals surface area contributed by atoms with Crippen LogP contribution >= 0.6 is 0 Å². The van der Waals surface area contributed by atoms with Crippen molar-refractivity contribution < 1.29 is 9.90 Å². The van der Waals surface area contributed by atoms with Crippen molar-refractivity contribution in [2.75, 3.05) is 13.1 Å². The van der Waals surface area contributed by atoms with Gasteiger partial charge in [-0.2, -0.15) is 5.10 Å². The summed E-state index contributed by atoms with van der Waals surface area (Å²) in [5.41, 5.74) is 4.21. The van der Waals surface area contributed by atoms with E-state index in [0.29, 0.717) is 25.3 Å². The molecule has 27 heavy (non-hydrogen) atoms. The zero-order valence-corrected chi connectivity index (χ0v) is 15.2. The van der Waals surface area contributed by atoms with E-state index in [1.54, 1.807) is 23.0 Å². The molecule has 1 N–H and O–H groups in total. The fraction of sp³-hybridized carbons (Fsp3) is 0.273. The molecule has 3 aromatic rings. The zero-order chi connectivity index (χ0) is 18.6. The van der Waals surface area contributed by atoms with E-state index in [0.717, 1.165) is 24.8 Å². The van der Waals surface area contributed by atoms with Crippen LogP contribution in [-0.2, 0) is 25.8 Å². The average Bonchev–Trinajstić information content (AvgIpc) is 3.06. The maximum Gasteiger partial charge on any atom is 0.272 e. The van der Waals surface area contributed by atoms with Crippen LogP contribution in [-0.4, -0.2) is 38.8 Å². The monoisotopic (exact) mass is 361 g/mol. The van der Waals surface area contributed by atoms with Crippen LogP contribution in [0.1, 0.15) is 27.2 Å². The zero-order valence-electron chi connectivity index (χ0n) is 15.2. The number of hydrogen-bond donors (Lipinski definition) is 1. The van der Waals surface area contributed by atoms with Gasteiger partial charge >= 0.3 is 0 Å². The summed E-state index contributed by atoms with van der Waals surface area (Å²) in [7, 11) is 0. The Labute approximate surface area is 158 Å². The maximum atomic E-state index is 13.1. The van der Waals surface area contributed by atoms with Gasteiger partial charge in [0, 0.05) is 25.8 Å². The molecule has 1 amide bonds. The number of fused-ring (bicyclic) bond motifs is 1. The molecule has 1 aliphatic rings. The molecule has 0 saturated carbocycles. The molecule has 0 spiro atoms. The summed E-state index contributed by atoms with van der Waals surface area (Å²) in [5.74, 6) is 0.310. The van der Waals surface area contributed by atoms with Gasteiger partial charge in [-0.15, -0.1) is 0 Å². The largest absolute Gasteiger partial charge is 0.508 e. The fourth-order valence-electron chi connectivity index (χ4n) is 3.65. The lowest BCUT2D eigenvalue weighted by molar-refractivity contribution is 0.0750. The molecule has 1 aliphatic heterocycles. The summed E-state index contributed by atoms with van der Waals surface area (Å²) in [6.07, 6.45) is 4.10. The van der Waals surface area contributed by atoms with Crippen molar-refractivity contribution in [2.45, 2.75) is 25.8 Å². The van der Waals surface area contributed by atoms with Gasteiger partial charge in [0.2, 0.25) is 0 Å². The van der Waals surface area contributed by atoms with E-state index in [1.807, 2.05) is 35.2 Å². The van der Waals surface area contributed by atoms with Gasteiger partial charge in [0.1, 0.15) is 11.4 Å². The van der Waals surface area contributed by atoms with Crippen LogP contribution in [0.5, 0.6) is 5.75 Å². The predicted octanol–water partition coefficient (Wildman–Crippen LogP) is 3.07. The van der Waals surface area contributed by atoms with Crippen molar-refractivity contribution in [1.29, 1.82) is 0 Å². The SMILES string of the molecule is O=C(c1ccnn1CCc1ccccc1)N1CCc2ccc(O)cc2CC1. The second-order valence-electron chi connectivity index (χ2n) is 6.92. The molecule has 5 nitrogen and oxygen atoms in total. The first-order valence-corrected chi connectivity index (χ1v) is 9.36. The lowest BCUT2D eigenvalue weighted by Gasteiger charge is -2.20. The van der Waals surface area contributed by atoms with Crippen molar-refractivity contribution >= 4 is 5.91 Å². The van der Waals surface area contributed by atoms with Gasteiger partial charge in [0.15, 0.2) is 0 Å². The molecule has 4 rings (SSSR count). The lowest BCUT2D eigenvalue weighted by Crippen LogP contribution is -2.34. The van der Waals surface area contributed by atoms with Crippen molar-refractivity contribution in [2.24, 2.45) is 0 Å². The molecule has 0 radical (unpaired) electrons. The van der Waals surface area contributed by atoms with Gasteiger partial charge in [-0.25, -0.2) is 0 Å². The molecule has 0 fully saturated rings. The van der Waals surface area contributed by atoms with Crippen molar-refractivity contribution in [3.8, 4) is 5.75 Å². The van der Waals surface area contributed by atoms with Crippen LogP contribution in [0.25, 0.3) is 0 Å². The molecule has 138 valence electrons. The molecule has 5 heteroatoms. The number of carbonyl (C=O) groups is 1. The second kappa shape index (κ2) is 7.66. The van der Waals surface area contributed by atoms with Crippen LogP contribution in [0.15, 0.2) is 60.8 Å². The third kappa shape index (κ3) is 3.87. The first-order chi connectivity index (χ1) is 13.2. The Balaban J connectivity index is 1.45. The first kappa shape index (κ1) is 17.3. The molecule has 0 aliphatic carbocycles. The molecular formula is C22H23N3O2. The van der Waals surface area contributed by atoms with Crippen molar-refractivity contribution in [3.63, 3.8) is 0 Å². The van der Waals surface area contributed by atoms with Crippen LogP contribution in [0, 0.1) is 0 Å². The minimum atomic E-state index is 0.0255. The Morgan fingerprint density at radius 1 is 1.00 bits per heavy atom. The van der Waals surface area contributed by atoms with Gasteiger partial charge in [-0.3, -0.25) is 9.48 Å². The molecule has 0 saturated heterocycles. The number of benzene rings is 2. The number of aromatic nitrogens is 2. The third-order valence-corrected chi connectivity index (χ3v) is 5.17. The summed E-state index contributed by atoms with van der Waals surface area (Å²) in [6, 6.07) is 17.5. The Hall–Kier alpha value is -3.08. The molecule has 1 aromatic heterocycles. The Morgan fingerprint density at radius 2 is 1.78 bits per heavy atom. The highest BCUT2D eigenvalue weighted by Crippen LogP contribution is 2.21. The van der Waals surface area contributed by atoms with E-state index in [9.17, 15) is 9.90 Å². The Bertz CT molecular complexity index is 934. The normalized spacial score (nSPS) is 13.9. The number of phenolic OH excluding ortho intramolecular Hbond substituents is 1. The molecule has 2 heterocycles. The van der Waals surface area contributed by atoms with Gasteiger partial charge in [0.25, 0.3) is 5.91 Å². The van der Waals surface area contributed by atoms with E-state index in [-0.39, 0.29) is 11.7 Å². The van der Waals surface area contributed by atoms with E-state index >= 15 is 0 Å². The highest BCUT2D eigenvalue weighted by Gasteiger charge is 2.22. The van der Waals surface area contributed by atoms with Gasteiger partial charge in [-0.05, 0) is 54.2 Å². The minimum Gasteiger partial charge on any atom is -0.508 e. The standard InChI is InChI=1S/C22H23N3O2/c26-20-7-6-18-10-13-24(14-11-19(18)16-20)22(27)21-8-12-23-25(21)15-9-17-4-2-1-3-5-17/h1-8,12,16,26H,9-11,13-15H2. The van der Waals surface area contributed by atoms with Crippen LogP contribution in [0.4, 0.5) is 0 Å².